The summed E-state index contributed by atoms with van der Waals surface area (Å²) in [4.78, 5) is 23.1. The van der Waals surface area contributed by atoms with Crippen molar-refractivity contribution < 1.29 is 9.59 Å². The van der Waals surface area contributed by atoms with Crippen LogP contribution in [0, 0.1) is 0 Å². The molecule has 0 bridgehead atoms. The van der Waals surface area contributed by atoms with Crippen LogP contribution in [0.1, 0.15) is 44.2 Å². The van der Waals surface area contributed by atoms with E-state index in [1.54, 1.807) is 0 Å². The van der Waals surface area contributed by atoms with Crippen LogP contribution in [0.3, 0.4) is 0 Å². The van der Waals surface area contributed by atoms with Gasteiger partial charge in [-0.1, -0.05) is 38.1 Å². The number of hydrogen-bond donors (Lipinski definition) is 1. The van der Waals surface area contributed by atoms with Crippen LogP contribution >= 0.6 is 0 Å². The van der Waals surface area contributed by atoms with Gasteiger partial charge in [0, 0.05) is 6.42 Å². The highest BCUT2D eigenvalue weighted by molar-refractivity contribution is 6.08. The summed E-state index contributed by atoms with van der Waals surface area (Å²) >= 11 is 0. The Morgan fingerprint density at radius 3 is 2.18 bits per heavy atom. The lowest BCUT2D eigenvalue weighted by molar-refractivity contribution is -0.126. The zero-order valence-electron chi connectivity index (χ0n) is 10.4. The highest BCUT2D eigenvalue weighted by Crippen LogP contribution is 2.32. The molecule has 17 heavy (non-hydrogen) atoms. The quantitative estimate of drug-likeness (QED) is 0.792. The topological polar surface area (TPSA) is 46.2 Å². The highest BCUT2D eigenvalue weighted by atomic mass is 16.2. The molecule has 0 aliphatic carbocycles. The summed E-state index contributed by atoms with van der Waals surface area (Å²) in [7, 11) is 0. The summed E-state index contributed by atoms with van der Waals surface area (Å²) in [5, 5.41) is 2.37. The zero-order chi connectivity index (χ0) is 12.6. The number of hydrogen-bond acceptors (Lipinski definition) is 2. The van der Waals surface area contributed by atoms with E-state index in [0.717, 1.165) is 5.56 Å². The molecule has 0 spiro atoms. The van der Waals surface area contributed by atoms with Crippen molar-refractivity contribution in [2.45, 2.75) is 38.5 Å². The average molecular weight is 231 g/mol. The number of rotatable bonds is 2. The molecule has 3 heteroatoms. The van der Waals surface area contributed by atoms with E-state index < -0.39 is 5.41 Å². The van der Waals surface area contributed by atoms with Crippen LogP contribution in [0.15, 0.2) is 24.3 Å². The lowest BCUT2D eigenvalue weighted by Gasteiger charge is -2.20. The molecule has 1 aliphatic rings. The molecule has 3 nitrogen and oxygen atoms in total. The minimum Gasteiger partial charge on any atom is -0.296 e. The lowest BCUT2D eigenvalue weighted by Crippen LogP contribution is -2.32. The van der Waals surface area contributed by atoms with Gasteiger partial charge in [0.15, 0.2) is 0 Å². The summed E-state index contributed by atoms with van der Waals surface area (Å²) in [6, 6.07) is 7.96. The molecule has 2 rings (SSSR count). The molecule has 2 amide bonds. The van der Waals surface area contributed by atoms with Gasteiger partial charge in [-0.15, -0.1) is 0 Å². The largest absolute Gasteiger partial charge is 0.296 e. The molecule has 0 radical (unpaired) electrons. The Bertz CT molecular complexity index is 462. The average Bonchev–Trinajstić information content (AvgIpc) is 2.54. The van der Waals surface area contributed by atoms with Crippen molar-refractivity contribution in [3.05, 3.63) is 35.4 Å². The Morgan fingerprint density at radius 2 is 1.76 bits per heavy atom. The van der Waals surface area contributed by atoms with Crippen molar-refractivity contribution in [3.63, 3.8) is 0 Å². The Labute approximate surface area is 101 Å². The maximum absolute atomic E-state index is 11.8. The van der Waals surface area contributed by atoms with E-state index >= 15 is 0 Å². The van der Waals surface area contributed by atoms with E-state index in [4.69, 9.17) is 0 Å². The monoisotopic (exact) mass is 231 g/mol. The summed E-state index contributed by atoms with van der Waals surface area (Å²) < 4.78 is 0. The fraction of sp³-hybridized carbons (Fsp3) is 0.429. The summed E-state index contributed by atoms with van der Waals surface area (Å²) in [5.74, 6) is 0.0844. The molecule has 1 fully saturated rings. The second kappa shape index (κ2) is 3.99. The Hall–Kier alpha value is -1.64. The van der Waals surface area contributed by atoms with Crippen LogP contribution in [0.25, 0.3) is 0 Å². The smallest absolute Gasteiger partial charge is 0.237 e. The van der Waals surface area contributed by atoms with E-state index in [1.165, 1.54) is 5.56 Å². The fourth-order valence-corrected chi connectivity index (χ4v) is 2.18. The molecule has 1 heterocycles. The number of imide groups is 1. The summed E-state index contributed by atoms with van der Waals surface area (Å²) in [6.07, 6.45) is 0.243. The summed E-state index contributed by atoms with van der Waals surface area (Å²) in [5.41, 5.74) is 1.44. The van der Waals surface area contributed by atoms with Gasteiger partial charge in [-0.2, -0.15) is 0 Å². The highest BCUT2D eigenvalue weighted by Gasteiger charge is 2.43. The predicted molar refractivity (Wildman–Crippen MR) is 65.6 cm³/mol. The Kier molecular flexibility index (Phi) is 2.77. The number of benzene rings is 1. The Morgan fingerprint density at radius 1 is 1.18 bits per heavy atom. The molecule has 1 atom stereocenters. The third kappa shape index (κ3) is 1.97. The van der Waals surface area contributed by atoms with Crippen LogP contribution in [0.5, 0.6) is 0 Å². The standard InChI is InChI=1S/C14H17NO2/c1-9(2)10-4-6-11(7-5-10)14(3)8-12(16)15-13(14)17/h4-7,9H,8H2,1-3H3,(H,15,16,17)/t14-/m1/s1. The number of amides is 2. The third-order valence-electron chi connectivity index (χ3n) is 3.48. The zero-order valence-corrected chi connectivity index (χ0v) is 10.4. The van der Waals surface area contributed by atoms with Crippen molar-refractivity contribution in [2.24, 2.45) is 0 Å². The van der Waals surface area contributed by atoms with Gasteiger partial charge in [0.25, 0.3) is 0 Å². The lowest BCUT2D eigenvalue weighted by atomic mass is 9.80. The molecule has 90 valence electrons. The van der Waals surface area contributed by atoms with E-state index in [-0.39, 0.29) is 18.2 Å². The van der Waals surface area contributed by atoms with Crippen LogP contribution < -0.4 is 5.32 Å². The van der Waals surface area contributed by atoms with Crippen molar-refractivity contribution in [2.75, 3.05) is 0 Å². The maximum Gasteiger partial charge on any atom is 0.237 e. The minimum atomic E-state index is -0.702. The van der Waals surface area contributed by atoms with E-state index in [9.17, 15) is 9.59 Å². The van der Waals surface area contributed by atoms with Crippen molar-refractivity contribution in [1.82, 2.24) is 5.32 Å². The SMILES string of the molecule is CC(C)c1ccc([C@@]2(C)CC(=O)NC2=O)cc1. The van der Waals surface area contributed by atoms with Crippen LogP contribution in [0.4, 0.5) is 0 Å². The van der Waals surface area contributed by atoms with Crippen LogP contribution in [-0.4, -0.2) is 11.8 Å². The molecular formula is C14H17NO2. The summed E-state index contributed by atoms with van der Waals surface area (Å²) in [6.45, 7) is 6.07. The van der Waals surface area contributed by atoms with Gasteiger partial charge in [0.1, 0.15) is 0 Å². The van der Waals surface area contributed by atoms with E-state index in [1.807, 2.05) is 31.2 Å². The first-order valence-electron chi connectivity index (χ1n) is 5.88. The van der Waals surface area contributed by atoms with Crippen molar-refractivity contribution in [3.8, 4) is 0 Å². The molecule has 1 aliphatic heterocycles. The first-order valence-corrected chi connectivity index (χ1v) is 5.88. The number of nitrogens with one attached hydrogen (secondary N) is 1. The normalized spacial score (nSPS) is 24.2. The number of carbonyl (C=O) groups excluding carboxylic acids is 2. The second-order valence-electron chi connectivity index (χ2n) is 5.16. The molecule has 1 aromatic carbocycles. The van der Waals surface area contributed by atoms with E-state index in [0.29, 0.717) is 5.92 Å². The molecule has 0 saturated carbocycles. The van der Waals surface area contributed by atoms with Gasteiger partial charge in [-0.3, -0.25) is 14.9 Å². The third-order valence-corrected chi connectivity index (χ3v) is 3.48. The molecular weight excluding hydrogens is 214 g/mol. The second-order valence-corrected chi connectivity index (χ2v) is 5.16. The fourth-order valence-electron chi connectivity index (χ4n) is 2.18. The Balaban J connectivity index is 2.34. The van der Waals surface area contributed by atoms with E-state index in [2.05, 4.69) is 19.2 Å². The predicted octanol–water partition coefficient (Wildman–Crippen LogP) is 2.11. The number of carbonyl (C=O) groups is 2. The first kappa shape index (κ1) is 11.8. The van der Waals surface area contributed by atoms with Crippen LogP contribution in [0.2, 0.25) is 0 Å². The molecule has 0 unspecified atom stereocenters. The molecule has 1 N–H and O–H groups in total. The first-order chi connectivity index (χ1) is 7.93. The van der Waals surface area contributed by atoms with Gasteiger partial charge in [-0.05, 0) is 24.0 Å². The van der Waals surface area contributed by atoms with Gasteiger partial charge in [-0.25, -0.2) is 0 Å². The van der Waals surface area contributed by atoms with Gasteiger partial charge in [0.2, 0.25) is 11.8 Å². The van der Waals surface area contributed by atoms with Crippen LogP contribution in [-0.2, 0) is 15.0 Å². The molecule has 1 saturated heterocycles. The van der Waals surface area contributed by atoms with Gasteiger partial charge in [0.05, 0.1) is 5.41 Å². The molecule has 0 aromatic heterocycles. The van der Waals surface area contributed by atoms with Crippen molar-refractivity contribution in [1.29, 1.82) is 0 Å². The van der Waals surface area contributed by atoms with Gasteiger partial charge < -0.3 is 0 Å². The minimum absolute atomic E-state index is 0.189. The molecule has 1 aromatic rings. The van der Waals surface area contributed by atoms with Gasteiger partial charge >= 0.3 is 0 Å². The van der Waals surface area contributed by atoms with Crippen molar-refractivity contribution >= 4 is 11.8 Å². The maximum atomic E-state index is 11.8.